The van der Waals surface area contributed by atoms with Gasteiger partial charge in [-0.25, -0.2) is 4.98 Å². The first kappa shape index (κ1) is 33.8. The molecule has 2 fully saturated rings. The number of carbonyl (C=O) groups excluding carboxylic acids is 4. The quantitative estimate of drug-likeness (QED) is 0.179. The number of carbonyl (C=O) groups is 4. The average molecular weight is 712 g/mol. The second-order valence-corrected chi connectivity index (χ2v) is 14.0. The van der Waals surface area contributed by atoms with Gasteiger partial charge in [-0.05, 0) is 72.1 Å². The first-order chi connectivity index (χ1) is 25.6. The minimum absolute atomic E-state index is 0.0412. The third kappa shape index (κ3) is 6.73. The number of benzene rings is 3. The van der Waals surface area contributed by atoms with E-state index >= 15 is 0 Å². The molecule has 4 heterocycles. The molecular weight excluding hydrogens is 674 g/mol. The summed E-state index contributed by atoms with van der Waals surface area (Å²) >= 11 is 0. The summed E-state index contributed by atoms with van der Waals surface area (Å²) in [5, 5.41) is 13.9. The zero-order valence-electron chi connectivity index (χ0n) is 29.2. The van der Waals surface area contributed by atoms with E-state index in [0.717, 1.165) is 51.7 Å². The molecule has 2 N–H and O–H groups in total. The van der Waals surface area contributed by atoms with Crippen LogP contribution in [0.25, 0.3) is 5.82 Å². The first-order valence-electron chi connectivity index (χ1n) is 17.6. The number of fused-ring (bicyclic) bond motifs is 1. The van der Waals surface area contributed by atoms with E-state index in [2.05, 4.69) is 63.9 Å². The van der Waals surface area contributed by atoms with Crippen molar-refractivity contribution in [3.63, 3.8) is 0 Å². The number of amides is 4. The van der Waals surface area contributed by atoms with Gasteiger partial charge < -0.3 is 14.8 Å². The first-order valence-corrected chi connectivity index (χ1v) is 17.6. The highest BCUT2D eigenvalue weighted by Crippen LogP contribution is 2.36. The summed E-state index contributed by atoms with van der Waals surface area (Å²) in [7, 11) is 0. The van der Waals surface area contributed by atoms with Gasteiger partial charge in [0, 0.05) is 36.4 Å². The summed E-state index contributed by atoms with van der Waals surface area (Å²) in [6, 6.07) is 26.2. The van der Waals surface area contributed by atoms with E-state index in [1.165, 1.54) is 4.80 Å². The van der Waals surface area contributed by atoms with Crippen molar-refractivity contribution in [2.24, 2.45) is 0 Å². The predicted molar refractivity (Wildman–Crippen MR) is 193 cm³/mol. The third-order valence-corrected chi connectivity index (χ3v) is 10.2. The van der Waals surface area contributed by atoms with Crippen LogP contribution in [-0.2, 0) is 21.6 Å². The monoisotopic (exact) mass is 711 g/mol. The molecule has 268 valence electrons. The second-order valence-electron chi connectivity index (χ2n) is 14.0. The van der Waals surface area contributed by atoms with E-state index in [4.69, 9.17) is 9.47 Å². The van der Waals surface area contributed by atoms with Crippen LogP contribution in [-0.4, -0.2) is 66.7 Å². The topological polar surface area (TPSA) is 158 Å². The number of hydrogen-bond donors (Lipinski definition) is 2. The maximum absolute atomic E-state index is 13.2. The van der Waals surface area contributed by atoms with Crippen LogP contribution < -0.4 is 20.1 Å². The molecule has 1 saturated heterocycles. The smallest absolute Gasteiger partial charge is 0.262 e. The fraction of sp³-hybridized carbons (Fsp3) is 0.275. The van der Waals surface area contributed by atoms with Crippen molar-refractivity contribution in [1.29, 1.82) is 0 Å². The fourth-order valence-electron chi connectivity index (χ4n) is 7.00. The molecule has 13 nitrogen and oxygen atoms in total. The van der Waals surface area contributed by atoms with Crippen molar-refractivity contribution in [3.05, 3.63) is 125 Å². The number of anilines is 1. The molecular formula is C40H37N7O6. The molecule has 0 radical (unpaired) electrons. The zero-order valence-corrected chi connectivity index (χ0v) is 29.2. The van der Waals surface area contributed by atoms with Crippen LogP contribution in [0.5, 0.6) is 11.5 Å². The van der Waals surface area contributed by atoms with Crippen LogP contribution in [0.2, 0.25) is 0 Å². The van der Waals surface area contributed by atoms with Gasteiger partial charge in [-0.3, -0.25) is 29.4 Å². The number of pyridine rings is 1. The highest BCUT2D eigenvalue weighted by atomic mass is 16.5. The van der Waals surface area contributed by atoms with E-state index < -0.39 is 29.7 Å². The molecule has 2 aliphatic heterocycles. The van der Waals surface area contributed by atoms with Gasteiger partial charge in [0.25, 0.3) is 11.8 Å². The van der Waals surface area contributed by atoms with Crippen LogP contribution in [0, 0.1) is 0 Å². The Morgan fingerprint density at radius 2 is 1.51 bits per heavy atom. The molecule has 1 saturated carbocycles. The Morgan fingerprint density at radius 3 is 2.21 bits per heavy atom. The molecule has 5 aromatic rings. The third-order valence-electron chi connectivity index (χ3n) is 10.2. The van der Waals surface area contributed by atoms with Crippen molar-refractivity contribution in [3.8, 4) is 17.3 Å². The van der Waals surface area contributed by atoms with Crippen LogP contribution in [0.4, 0.5) is 5.69 Å². The van der Waals surface area contributed by atoms with E-state index in [9.17, 15) is 19.2 Å². The van der Waals surface area contributed by atoms with Gasteiger partial charge in [-0.2, -0.15) is 10.2 Å². The maximum atomic E-state index is 13.2. The van der Waals surface area contributed by atoms with Gasteiger partial charge in [0.05, 0.1) is 29.2 Å². The van der Waals surface area contributed by atoms with Gasteiger partial charge in [0.15, 0.2) is 5.82 Å². The Kier molecular flexibility index (Phi) is 8.69. The van der Waals surface area contributed by atoms with Crippen LogP contribution in [0.15, 0.2) is 97.3 Å². The van der Waals surface area contributed by atoms with E-state index in [1.807, 2.05) is 42.5 Å². The lowest BCUT2D eigenvalue weighted by atomic mass is 9.78. The highest BCUT2D eigenvalue weighted by Gasteiger charge is 2.45. The lowest BCUT2D eigenvalue weighted by Gasteiger charge is -2.36. The number of piperidine rings is 1. The standard InChI is InChI=1S/C40H37N7O6/c1-40(2,24-6-11-29(12-7-24)52-23-27-4-3-5-35(44-27)47-41-18-19-42-47)25-8-13-30(14-9-25)53-31-20-28(21-31)43-26-10-15-32-33(22-26)39(51)46(38(32)50)34-16-17-36(48)45-37(34)49/h3-15,18-19,22,28,31,34,43H,16-17,20-21,23H2,1-2H3,(H,45,48,49)/t28-,31-,34?. The molecule has 0 bridgehead atoms. The lowest BCUT2D eigenvalue weighted by Crippen LogP contribution is -2.54. The predicted octanol–water partition coefficient (Wildman–Crippen LogP) is 4.99. The SMILES string of the molecule is CC(C)(c1ccc(OCc2cccc(-n3nccn3)n2)cc1)c1ccc(O[C@H]2C[C@H](Nc3ccc4c(c3)C(=O)N(C3CCC(=O)NC3=O)C4=O)C2)cc1. The normalized spacial score (nSPS) is 19.7. The molecule has 1 unspecified atom stereocenters. The number of hydrogen-bond acceptors (Lipinski definition) is 10. The minimum atomic E-state index is -0.987. The van der Waals surface area contributed by atoms with Gasteiger partial charge in [0.1, 0.15) is 30.3 Å². The molecule has 13 heteroatoms. The molecule has 0 spiro atoms. The summed E-state index contributed by atoms with van der Waals surface area (Å²) in [6.07, 6.45) is 5.02. The van der Waals surface area contributed by atoms with Crippen molar-refractivity contribution in [2.45, 2.75) is 69.7 Å². The van der Waals surface area contributed by atoms with Crippen LogP contribution in [0.3, 0.4) is 0 Å². The van der Waals surface area contributed by atoms with Gasteiger partial charge >= 0.3 is 0 Å². The average Bonchev–Trinajstić information content (AvgIpc) is 3.77. The molecule has 2 aromatic heterocycles. The summed E-state index contributed by atoms with van der Waals surface area (Å²) in [5.41, 5.74) is 4.05. The zero-order chi connectivity index (χ0) is 36.7. The number of rotatable bonds is 11. The van der Waals surface area contributed by atoms with Gasteiger partial charge in [-0.1, -0.05) is 44.2 Å². The number of aromatic nitrogens is 4. The molecule has 8 rings (SSSR count). The molecule has 53 heavy (non-hydrogen) atoms. The summed E-state index contributed by atoms with van der Waals surface area (Å²) in [4.78, 5) is 57.1. The second kappa shape index (κ2) is 13.6. The highest BCUT2D eigenvalue weighted by molar-refractivity contribution is 6.23. The summed E-state index contributed by atoms with van der Waals surface area (Å²) < 4.78 is 12.3. The summed E-state index contributed by atoms with van der Waals surface area (Å²) in [5.74, 6) is 0.121. The number of ether oxygens (including phenoxy) is 2. The summed E-state index contributed by atoms with van der Waals surface area (Å²) in [6.45, 7) is 4.70. The Labute approximate surface area is 305 Å². The Morgan fingerprint density at radius 1 is 0.830 bits per heavy atom. The largest absolute Gasteiger partial charge is 0.490 e. The molecule has 1 atom stereocenters. The van der Waals surface area contributed by atoms with Crippen molar-refractivity contribution >= 4 is 29.3 Å². The van der Waals surface area contributed by atoms with Gasteiger partial charge in [0.2, 0.25) is 11.8 Å². The molecule has 1 aliphatic carbocycles. The Balaban J connectivity index is 0.823. The number of nitrogens with one attached hydrogen (secondary N) is 2. The Hall–Kier alpha value is -6.37. The van der Waals surface area contributed by atoms with Crippen LogP contribution >= 0.6 is 0 Å². The van der Waals surface area contributed by atoms with Crippen LogP contribution in [0.1, 0.15) is 77.1 Å². The van der Waals surface area contributed by atoms with Gasteiger partial charge in [-0.15, -0.1) is 4.80 Å². The lowest BCUT2D eigenvalue weighted by molar-refractivity contribution is -0.136. The van der Waals surface area contributed by atoms with Crippen molar-refractivity contribution < 1.29 is 28.7 Å². The molecule has 3 aliphatic rings. The van der Waals surface area contributed by atoms with Crippen molar-refractivity contribution in [1.82, 2.24) is 30.2 Å². The van der Waals surface area contributed by atoms with E-state index in [1.54, 1.807) is 30.6 Å². The maximum Gasteiger partial charge on any atom is 0.262 e. The van der Waals surface area contributed by atoms with E-state index in [0.29, 0.717) is 12.4 Å². The number of nitrogens with zero attached hydrogens (tertiary/aromatic N) is 5. The molecule has 4 amide bonds. The fourth-order valence-corrected chi connectivity index (χ4v) is 7.00. The number of imide groups is 2. The van der Waals surface area contributed by atoms with E-state index in [-0.39, 0.29) is 41.5 Å². The Bertz CT molecular complexity index is 2200. The molecule has 3 aromatic carbocycles. The van der Waals surface area contributed by atoms with Crippen molar-refractivity contribution in [2.75, 3.05) is 5.32 Å². The minimum Gasteiger partial charge on any atom is -0.490 e.